The van der Waals surface area contributed by atoms with E-state index in [9.17, 15) is 4.39 Å². The molecule has 1 aromatic rings. The molecule has 1 aromatic carbocycles. The third-order valence-electron chi connectivity index (χ3n) is 0.678. The molecule has 0 nitrogen and oxygen atoms in total. The van der Waals surface area contributed by atoms with E-state index in [4.69, 9.17) is 0 Å². The first kappa shape index (κ1) is 7.75. The van der Waals surface area contributed by atoms with Crippen LogP contribution in [0.2, 0.25) is 0 Å². The molecular weight excluding hydrogens is 98.0 g/mol. The van der Waals surface area contributed by atoms with Gasteiger partial charge in [-0.05, 0) is 0 Å². The number of halogens is 1. The molecule has 0 unspecified atom stereocenters. The zero-order chi connectivity index (χ0) is 5.11. The quantitative estimate of drug-likeness (QED) is 0.280. The summed E-state index contributed by atoms with van der Waals surface area (Å²) >= 11 is 0. The van der Waals surface area contributed by atoms with Crippen molar-refractivity contribution in [2.24, 2.45) is 0 Å². The summed E-state index contributed by atoms with van der Waals surface area (Å²) in [6.07, 6.45) is 0. The number of hydrogen-bond acceptors (Lipinski definition) is 0. The van der Waals surface area contributed by atoms with Crippen LogP contribution in [0.1, 0.15) is 0 Å². The monoisotopic (exact) mass is 102 g/mol. The molecule has 1 rings (SSSR count). The molecule has 0 saturated carbocycles. The summed E-state index contributed by atoms with van der Waals surface area (Å²) in [6, 6.07) is 8.49. The maximum absolute atomic E-state index is 11.9. The Kier molecular flexibility index (Phi) is 3.60. The summed E-state index contributed by atoms with van der Waals surface area (Å²) < 4.78 is 11.9. The Morgan fingerprint density at radius 2 is 1.75 bits per heavy atom. The Morgan fingerprint density at radius 1 is 1.25 bits per heavy atom. The van der Waals surface area contributed by atoms with E-state index in [1.807, 2.05) is 0 Å². The van der Waals surface area contributed by atoms with Crippen LogP contribution in [0.25, 0.3) is 0 Å². The fourth-order valence-electron chi connectivity index (χ4n) is 0.367. The molecule has 0 aliphatic heterocycles. The molecule has 36 valence electrons. The van der Waals surface area contributed by atoms with Gasteiger partial charge in [0.25, 0.3) is 0 Å². The van der Waals surface area contributed by atoms with Gasteiger partial charge in [0.1, 0.15) is 0 Å². The Labute approximate surface area is 59.9 Å². The third kappa shape index (κ3) is 2.16. The van der Waals surface area contributed by atoms with Gasteiger partial charge in [0.05, 0.1) is 0 Å². The van der Waals surface area contributed by atoms with Crippen molar-refractivity contribution in [3.05, 3.63) is 36.1 Å². The van der Waals surface area contributed by atoms with E-state index < -0.39 is 0 Å². The minimum absolute atomic E-state index is 0. The molecule has 0 aliphatic rings. The summed E-state index contributed by atoms with van der Waals surface area (Å²) in [5.74, 6) is -0.209. The van der Waals surface area contributed by atoms with Gasteiger partial charge < -0.3 is 0 Å². The molecule has 0 aromatic heterocycles. The molecular formula is C6H4FLi. The largest absolute Gasteiger partial charge is 1.00 e. The van der Waals surface area contributed by atoms with Crippen LogP contribution in [0, 0.1) is 11.9 Å². The summed E-state index contributed by atoms with van der Waals surface area (Å²) in [6.45, 7) is 0. The molecule has 0 radical (unpaired) electrons. The van der Waals surface area contributed by atoms with Gasteiger partial charge in [0, 0.05) is 5.82 Å². The van der Waals surface area contributed by atoms with Gasteiger partial charge in [-0.15, -0.1) is 12.1 Å². The van der Waals surface area contributed by atoms with Crippen LogP contribution in [-0.2, 0) is 0 Å². The second-order valence-electron chi connectivity index (χ2n) is 1.22. The molecule has 0 heterocycles. The first-order valence-corrected chi connectivity index (χ1v) is 2.01. The van der Waals surface area contributed by atoms with Gasteiger partial charge in [0.2, 0.25) is 0 Å². The van der Waals surface area contributed by atoms with Crippen LogP contribution in [0.5, 0.6) is 0 Å². The molecule has 0 aliphatic carbocycles. The standard InChI is InChI=1S/C6H4F.Li/c7-6-4-2-1-3-5-6;/h2-5H;/q-1;+1. The maximum Gasteiger partial charge on any atom is 1.00 e. The van der Waals surface area contributed by atoms with Crippen molar-refractivity contribution in [1.82, 2.24) is 0 Å². The fraction of sp³-hybridized carbons (Fsp3) is 0. The minimum atomic E-state index is -0.209. The smallest absolute Gasteiger partial charge is 0.236 e. The minimum Gasteiger partial charge on any atom is -0.236 e. The molecule has 0 N–H and O–H groups in total. The predicted octanol–water partition coefficient (Wildman–Crippen LogP) is -1.37. The van der Waals surface area contributed by atoms with Crippen LogP contribution < -0.4 is 18.9 Å². The van der Waals surface area contributed by atoms with Gasteiger partial charge in [0.15, 0.2) is 0 Å². The topological polar surface area (TPSA) is 0 Å². The van der Waals surface area contributed by atoms with Crippen molar-refractivity contribution >= 4 is 0 Å². The van der Waals surface area contributed by atoms with E-state index in [-0.39, 0.29) is 24.7 Å². The average Bonchev–Trinajstić information content (AvgIpc) is 1.69. The molecule has 0 spiro atoms. The van der Waals surface area contributed by atoms with Crippen LogP contribution in [0.15, 0.2) is 24.3 Å². The van der Waals surface area contributed by atoms with E-state index >= 15 is 0 Å². The molecule has 0 atom stereocenters. The van der Waals surface area contributed by atoms with Crippen molar-refractivity contribution in [2.75, 3.05) is 0 Å². The summed E-state index contributed by atoms with van der Waals surface area (Å²) in [5, 5.41) is 0. The van der Waals surface area contributed by atoms with Gasteiger partial charge in [-0.2, -0.15) is 18.2 Å². The second-order valence-corrected chi connectivity index (χ2v) is 1.22. The average molecular weight is 102 g/mol. The van der Waals surface area contributed by atoms with E-state index in [0.29, 0.717) is 0 Å². The van der Waals surface area contributed by atoms with Crippen LogP contribution in [0.4, 0.5) is 4.39 Å². The molecule has 8 heavy (non-hydrogen) atoms. The van der Waals surface area contributed by atoms with Crippen molar-refractivity contribution in [1.29, 1.82) is 0 Å². The number of rotatable bonds is 0. The number of hydrogen-bond donors (Lipinski definition) is 0. The molecule has 0 fully saturated rings. The Morgan fingerprint density at radius 3 is 2.00 bits per heavy atom. The van der Waals surface area contributed by atoms with E-state index in [0.717, 1.165) is 0 Å². The van der Waals surface area contributed by atoms with E-state index in [2.05, 4.69) is 6.07 Å². The molecule has 0 saturated heterocycles. The maximum atomic E-state index is 11.9. The Bertz CT molecular complexity index is 138. The first-order valence-electron chi connectivity index (χ1n) is 2.01. The Balaban J connectivity index is 0.000000490. The van der Waals surface area contributed by atoms with Crippen molar-refractivity contribution in [2.45, 2.75) is 0 Å². The van der Waals surface area contributed by atoms with Gasteiger partial charge in [-0.1, -0.05) is 0 Å². The van der Waals surface area contributed by atoms with Crippen molar-refractivity contribution in [3.8, 4) is 0 Å². The zero-order valence-corrected chi connectivity index (χ0v) is 4.69. The summed E-state index contributed by atoms with van der Waals surface area (Å²) in [4.78, 5) is 0. The van der Waals surface area contributed by atoms with Crippen molar-refractivity contribution < 1.29 is 23.3 Å². The predicted molar refractivity (Wildman–Crippen MR) is 25.2 cm³/mol. The van der Waals surface area contributed by atoms with Crippen molar-refractivity contribution in [3.63, 3.8) is 0 Å². The number of benzene rings is 1. The van der Waals surface area contributed by atoms with Gasteiger partial charge in [-0.3, -0.25) is 0 Å². The van der Waals surface area contributed by atoms with Crippen LogP contribution in [-0.4, -0.2) is 0 Å². The summed E-state index contributed by atoms with van der Waals surface area (Å²) in [7, 11) is 0. The molecule has 0 amide bonds. The van der Waals surface area contributed by atoms with Crippen LogP contribution >= 0.6 is 0 Å². The fourth-order valence-corrected chi connectivity index (χ4v) is 0.367. The Hall–Kier alpha value is -0.253. The SMILES string of the molecule is Fc1cc[c-]cc1.[Li+]. The first-order chi connectivity index (χ1) is 3.39. The van der Waals surface area contributed by atoms with Gasteiger partial charge in [-0.25, -0.2) is 4.39 Å². The summed E-state index contributed by atoms with van der Waals surface area (Å²) in [5.41, 5.74) is 0. The third-order valence-corrected chi connectivity index (χ3v) is 0.678. The normalized spacial score (nSPS) is 7.62. The second kappa shape index (κ2) is 3.71. The van der Waals surface area contributed by atoms with E-state index in [1.165, 1.54) is 24.3 Å². The van der Waals surface area contributed by atoms with Crippen LogP contribution in [0.3, 0.4) is 0 Å². The molecule has 0 bridgehead atoms. The van der Waals surface area contributed by atoms with Gasteiger partial charge >= 0.3 is 18.9 Å². The molecule has 2 heteroatoms. The zero-order valence-electron chi connectivity index (χ0n) is 4.69. The van der Waals surface area contributed by atoms with E-state index in [1.54, 1.807) is 0 Å².